The normalized spacial score (nSPS) is 11.8. The minimum atomic E-state index is 0. The molecular formula is C38H51Cl2FeP-2. The molecule has 0 fully saturated rings. The molecule has 0 aliphatic carbocycles. The Morgan fingerprint density at radius 3 is 1.24 bits per heavy atom. The molecule has 0 radical (unpaired) electrons. The van der Waals surface area contributed by atoms with Gasteiger partial charge in [-0.1, -0.05) is 135 Å². The Kier molecular flexibility index (Phi) is 14.6. The minimum absolute atomic E-state index is 0. The SMILES string of the molecule is CC(C)(C)c1cc(-c2cc[c-](-c3cc(C(C)(C)C)cc(C(C)(C)C)c3)c2P)cc(C(C)(C)C)c1.[Cl-].[Cl-].[Fe+2].c1cc[cH-]c1. The van der Waals surface area contributed by atoms with E-state index in [-0.39, 0.29) is 63.5 Å². The average Bonchev–Trinajstić information content (AvgIpc) is 3.50. The van der Waals surface area contributed by atoms with Crippen molar-refractivity contribution in [3.05, 3.63) is 101 Å². The van der Waals surface area contributed by atoms with Gasteiger partial charge in [-0.15, -0.1) is 44.6 Å². The van der Waals surface area contributed by atoms with Gasteiger partial charge in [-0.3, -0.25) is 0 Å². The molecule has 0 heterocycles. The topological polar surface area (TPSA) is 0 Å². The van der Waals surface area contributed by atoms with Crippen molar-refractivity contribution in [3.63, 3.8) is 0 Å². The molecule has 0 aliphatic rings. The maximum Gasteiger partial charge on any atom is 2.00 e. The zero-order chi connectivity index (χ0) is 29.4. The van der Waals surface area contributed by atoms with Gasteiger partial charge < -0.3 is 24.8 Å². The zero-order valence-electron chi connectivity index (χ0n) is 27.7. The summed E-state index contributed by atoms with van der Waals surface area (Å²) in [5, 5.41) is 1.29. The van der Waals surface area contributed by atoms with E-state index in [0.717, 1.165) is 0 Å². The molecule has 0 aliphatic heterocycles. The van der Waals surface area contributed by atoms with Crippen LogP contribution in [-0.2, 0) is 38.7 Å². The monoisotopic (exact) mass is 664 g/mol. The summed E-state index contributed by atoms with van der Waals surface area (Å²) in [6.45, 7) is 27.7. The van der Waals surface area contributed by atoms with E-state index in [1.165, 1.54) is 49.8 Å². The van der Waals surface area contributed by atoms with Gasteiger partial charge in [0.25, 0.3) is 0 Å². The van der Waals surface area contributed by atoms with E-state index in [1.54, 1.807) is 0 Å². The fraction of sp³-hybridized carbons (Fsp3) is 0.421. The van der Waals surface area contributed by atoms with Crippen molar-refractivity contribution in [2.45, 2.75) is 105 Å². The minimum Gasteiger partial charge on any atom is -1.00 e. The smallest absolute Gasteiger partial charge is 1.00 e. The second-order valence-corrected chi connectivity index (χ2v) is 15.7. The van der Waals surface area contributed by atoms with Gasteiger partial charge in [0.1, 0.15) is 0 Å². The summed E-state index contributed by atoms with van der Waals surface area (Å²) in [5.41, 5.74) is 11.3. The fourth-order valence-corrected chi connectivity index (χ4v) is 5.14. The van der Waals surface area contributed by atoms with Crippen molar-refractivity contribution in [1.29, 1.82) is 0 Å². The standard InChI is InChI=1S/C33H46P.C5H5.2ClH.Fe/c1-30(2,3)23-15-21(16-24(19-23)31(4,5)6)27-13-14-28(29(27)34)22-17-25(32(7,8)9)20-26(18-22)33(10,11)12;1-2-4-5-3-1;;;/h13-20H,34H2,1-12H3;1-5H;2*1H;/q2*-1;;;+2/p-2. The molecule has 4 aromatic carbocycles. The van der Waals surface area contributed by atoms with Crippen molar-refractivity contribution in [2.24, 2.45) is 0 Å². The van der Waals surface area contributed by atoms with Crippen LogP contribution in [0.1, 0.15) is 105 Å². The fourth-order valence-electron chi connectivity index (χ4n) is 4.61. The Hall–Kier alpha value is -1.33. The maximum atomic E-state index is 3.07. The second-order valence-electron chi connectivity index (χ2n) is 15.1. The number of halogens is 2. The Morgan fingerprint density at radius 2 is 0.929 bits per heavy atom. The molecular weight excluding hydrogens is 614 g/mol. The zero-order valence-corrected chi connectivity index (χ0v) is 31.5. The van der Waals surface area contributed by atoms with E-state index in [1.807, 2.05) is 30.3 Å². The van der Waals surface area contributed by atoms with Gasteiger partial charge in [-0.05, 0) is 32.8 Å². The quantitative estimate of drug-likeness (QED) is 0.164. The van der Waals surface area contributed by atoms with Crippen LogP contribution in [0.15, 0.2) is 78.9 Å². The Balaban J connectivity index is 0.00000190. The average molecular weight is 666 g/mol. The summed E-state index contributed by atoms with van der Waals surface area (Å²) in [6, 6.07) is 29.0. The van der Waals surface area contributed by atoms with Gasteiger partial charge in [0.05, 0.1) is 0 Å². The van der Waals surface area contributed by atoms with Crippen molar-refractivity contribution in [3.8, 4) is 22.3 Å². The molecule has 0 aromatic heterocycles. The van der Waals surface area contributed by atoms with Crippen molar-refractivity contribution in [2.75, 3.05) is 0 Å². The summed E-state index contributed by atoms with van der Waals surface area (Å²) in [7, 11) is 3.07. The molecule has 0 saturated carbocycles. The van der Waals surface area contributed by atoms with Crippen molar-refractivity contribution >= 4 is 14.5 Å². The molecule has 42 heavy (non-hydrogen) atoms. The number of benzene rings is 2. The van der Waals surface area contributed by atoms with Gasteiger partial charge in [0.15, 0.2) is 0 Å². The second kappa shape index (κ2) is 15.1. The number of hydrogen-bond acceptors (Lipinski definition) is 0. The molecule has 1 atom stereocenters. The summed E-state index contributed by atoms with van der Waals surface area (Å²) >= 11 is 0. The predicted octanol–water partition coefficient (Wildman–Crippen LogP) is 4.84. The Labute approximate surface area is 283 Å². The number of rotatable bonds is 2. The largest absolute Gasteiger partial charge is 2.00 e. The van der Waals surface area contributed by atoms with Crippen LogP contribution in [0.5, 0.6) is 0 Å². The molecule has 0 amide bonds. The maximum absolute atomic E-state index is 3.07. The van der Waals surface area contributed by atoms with Gasteiger partial charge in [0.2, 0.25) is 0 Å². The van der Waals surface area contributed by atoms with Crippen LogP contribution in [0.3, 0.4) is 0 Å². The van der Waals surface area contributed by atoms with Crippen LogP contribution < -0.4 is 30.1 Å². The molecule has 4 rings (SSSR count). The third-order valence-corrected chi connectivity index (χ3v) is 8.13. The van der Waals surface area contributed by atoms with Gasteiger partial charge in [0, 0.05) is 0 Å². The van der Waals surface area contributed by atoms with E-state index in [0.29, 0.717) is 0 Å². The molecule has 4 heteroatoms. The van der Waals surface area contributed by atoms with E-state index in [9.17, 15) is 0 Å². The molecule has 4 aromatic rings. The molecule has 0 saturated heterocycles. The first kappa shape index (κ1) is 40.7. The van der Waals surface area contributed by atoms with Crippen LogP contribution in [0, 0.1) is 0 Å². The van der Waals surface area contributed by atoms with E-state index in [4.69, 9.17) is 0 Å². The van der Waals surface area contributed by atoms with Gasteiger partial charge >= 0.3 is 17.1 Å². The molecule has 0 bridgehead atoms. The first-order valence-corrected chi connectivity index (χ1v) is 14.9. The van der Waals surface area contributed by atoms with Crippen molar-refractivity contribution in [1.82, 2.24) is 0 Å². The molecule has 1 unspecified atom stereocenters. The van der Waals surface area contributed by atoms with Gasteiger partial charge in [-0.25, -0.2) is 12.1 Å². The number of hydrogen-bond donors (Lipinski definition) is 0. The molecule has 0 nitrogen and oxygen atoms in total. The van der Waals surface area contributed by atoms with E-state index < -0.39 is 0 Å². The first-order valence-electron chi connectivity index (χ1n) is 14.3. The Bertz CT molecular complexity index is 1210. The van der Waals surface area contributed by atoms with Crippen LogP contribution in [0.4, 0.5) is 0 Å². The predicted molar refractivity (Wildman–Crippen MR) is 179 cm³/mol. The van der Waals surface area contributed by atoms with Crippen LogP contribution >= 0.6 is 9.24 Å². The molecule has 232 valence electrons. The summed E-state index contributed by atoms with van der Waals surface area (Å²) in [6.07, 6.45) is 0. The third kappa shape index (κ3) is 10.4. The molecule has 0 N–H and O–H groups in total. The third-order valence-electron chi connectivity index (χ3n) is 7.50. The molecule has 0 spiro atoms. The first-order chi connectivity index (χ1) is 17.8. The summed E-state index contributed by atoms with van der Waals surface area (Å²) in [5.74, 6) is 0. The summed E-state index contributed by atoms with van der Waals surface area (Å²) < 4.78 is 0. The van der Waals surface area contributed by atoms with Gasteiger partial charge in [-0.2, -0.15) is 18.2 Å². The van der Waals surface area contributed by atoms with Crippen molar-refractivity contribution < 1.29 is 41.9 Å². The van der Waals surface area contributed by atoms with E-state index in [2.05, 4.69) is 141 Å². The van der Waals surface area contributed by atoms with E-state index >= 15 is 0 Å². The van der Waals surface area contributed by atoms with Crippen LogP contribution in [0.25, 0.3) is 22.3 Å². The van der Waals surface area contributed by atoms with Crippen LogP contribution in [-0.4, -0.2) is 0 Å². The van der Waals surface area contributed by atoms with Crippen LogP contribution in [0.2, 0.25) is 0 Å². The summed E-state index contributed by atoms with van der Waals surface area (Å²) in [4.78, 5) is 0. The Morgan fingerprint density at radius 1 is 0.571 bits per heavy atom.